The minimum absolute atomic E-state index is 0.0959. The van der Waals surface area contributed by atoms with Gasteiger partial charge in [0.1, 0.15) is 12.1 Å². The topological polar surface area (TPSA) is 67.3 Å². The van der Waals surface area contributed by atoms with E-state index in [1.54, 1.807) is 6.07 Å². The second-order valence-electron chi connectivity index (χ2n) is 8.08. The average molecular weight is 446 g/mol. The van der Waals surface area contributed by atoms with E-state index in [4.69, 9.17) is 0 Å². The zero-order chi connectivity index (χ0) is 21.8. The van der Waals surface area contributed by atoms with Crippen LogP contribution in [0, 0.1) is 5.82 Å². The van der Waals surface area contributed by atoms with Crippen molar-refractivity contribution in [1.82, 2.24) is 9.21 Å². The van der Waals surface area contributed by atoms with Gasteiger partial charge in [-0.15, -0.1) is 0 Å². The van der Waals surface area contributed by atoms with Crippen LogP contribution in [0.2, 0.25) is 0 Å². The van der Waals surface area contributed by atoms with E-state index in [0.717, 1.165) is 43.7 Å². The van der Waals surface area contributed by atoms with Gasteiger partial charge in [0.15, 0.2) is 0 Å². The van der Waals surface area contributed by atoms with Crippen molar-refractivity contribution in [2.24, 2.45) is 0 Å². The fourth-order valence-electron chi connectivity index (χ4n) is 4.11. The molecule has 1 unspecified atom stereocenters. The molecule has 2 aromatic carbocycles. The van der Waals surface area contributed by atoms with E-state index < -0.39 is 5.91 Å². The largest absolute Gasteiger partial charge is 0.369 e. The number of halogens is 1. The van der Waals surface area contributed by atoms with Gasteiger partial charge in [0, 0.05) is 55.6 Å². The van der Waals surface area contributed by atoms with E-state index in [2.05, 4.69) is 9.80 Å². The van der Waals surface area contributed by atoms with Crippen LogP contribution in [0.15, 0.2) is 48.5 Å². The quantitative estimate of drug-likeness (QED) is 0.403. The molecule has 2 aliphatic heterocycles. The van der Waals surface area contributed by atoms with Gasteiger partial charge in [-0.05, 0) is 24.1 Å². The van der Waals surface area contributed by atoms with E-state index in [-0.39, 0.29) is 24.0 Å². The third-order valence-electron chi connectivity index (χ3n) is 5.99. The summed E-state index contributed by atoms with van der Waals surface area (Å²) >= 11 is 1.35. The lowest BCUT2D eigenvalue weighted by atomic mass is 10.1. The van der Waals surface area contributed by atoms with E-state index in [9.17, 15) is 19.4 Å². The molecule has 0 amide bonds. The lowest BCUT2D eigenvalue weighted by molar-refractivity contribution is -0.241. The Kier molecular flexibility index (Phi) is 6.93. The Balaban J connectivity index is 1.44. The van der Waals surface area contributed by atoms with Crippen LogP contribution in [-0.4, -0.2) is 64.3 Å². The molecule has 0 bridgehead atoms. The van der Waals surface area contributed by atoms with Crippen molar-refractivity contribution < 1.29 is 19.4 Å². The highest BCUT2D eigenvalue weighted by molar-refractivity contribution is 7.97. The first-order chi connectivity index (χ1) is 15.0. The molecule has 2 saturated heterocycles. The summed E-state index contributed by atoms with van der Waals surface area (Å²) in [7, 11) is 0. The van der Waals surface area contributed by atoms with Gasteiger partial charge < -0.3 is 19.9 Å². The number of rotatable bonds is 6. The third-order valence-corrected chi connectivity index (χ3v) is 7.43. The number of aldehydes is 1. The first kappa shape index (κ1) is 22.2. The van der Waals surface area contributed by atoms with Crippen LogP contribution in [0.5, 0.6) is 0 Å². The Bertz CT molecular complexity index is 891. The average Bonchev–Trinajstić information content (AvgIpc) is 2.78. The first-order valence-electron chi connectivity index (χ1n) is 10.6. The molecule has 2 aromatic rings. The normalized spacial score (nSPS) is 22.4. The van der Waals surface area contributed by atoms with Gasteiger partial charge in [-0.3, -0.25) is 4.90 Å². The summed E-state index contributed by atoms with van der Waals surface area (Å²) in [6.45, 7) is 3.55. The molecule has 0 aliphatic carbocycles. The van der Waals surface area contributed by atoms with E-state index in [1.807, 2.05) is 36.4 Å². The standard InChI is InChI=1S/C23H28FN3O3S/c24-21-16-20(26-12-10-25(11-13-26)14-15-28)7-6-19(21)17-27-23(29,30)9-8-22(31-27)18-4-2-1-3-5-18/h1-7,15-16,22,29-30H,8-14,17H2. The molecule has 0 saturated carbocycles. The number of carbonyl (C=O) groups excluding carboxylic acids is 1. The molecule has 2 fully saturated rings. The summed E-state index contributed by atoms with van der Waals surface area (Å²) in [6, 6.07) is 15.1. The zero-order valence-corrected chi connectivity index (χ0v) is 18.2. The van der Waals surface area contributed by atoms with E-state index in [1.165, 1.54) is 22.3 Å². The SMILES string of the molecule is O=CCN1CCN(c2ccc(CN3SC(c4ccccc4)CCC3(O)O)c(F)c2)CC1. The van der Waals surface area contributed by atoms with Crippen molar-refractivity contribution in [2.75, 3.05) is 37.6 Å². The van der Waals surface area contributed by atoms with Crippen LogP contribution < -0.4 is 4.90 Å². The van der Waals surface area contributed by atoms with Crippen molar-refractivity contribution in [2.45, 2.75) is 30.5 Å². The Morgan fingerprint density at radius 1 is 1.10 bits per heavy atom. The van der Waals surface area contributed by atoms with Crippen molar-refractivity contribution >= 4 is 23.9 Å². The molecule has 166 valence electrons. The predicted molar refractivity (Wildman–Crippen MR) is 120 cm³/mol. The maximum atomic E-state index is 14.9. The van der Waals surface area contributed by atoms with Crippen LogP contribution in [-0.2, 0) is 11.3 Å². The Morgan fingerprint density at radius 2 is 1.84 bits per heavy atom. The Morgan fingerprint density at radius 3 is 2.52 bits per heavy atom. The number of piperazine rings is 1. The maximum absolute atomic E-state index is 14.9. The van der Waals surface area contributed by atoms with Crippen LogP contribution >= 0.6 is 11.9 Å². The highest BCUT2D eigenvalue weighted by atomic mass is 32.2. The number of nitrogens with zero attached hydrogens (tertiary/aromatic N) is 3. The zero-order valence-electron chi connectivity index (χ0n) is 17.4. The number of hydrogen-bond donors (Lipinski definition) is 2. The molecule has 4 rings (SSSR count). The number of anilines is 1. The van der Waals surface area contributed by atoms with Gasteiger partial charge in [-0.1, -0.05) is 48.3 Å². The van der Waals surface area contributed by atoms with Crippen LogP contribution in [0.1, 0.15) is 29.2 Å². The number of aliphatic hydroxyl groups is 2. The Hall–Kier alpha value is -1.97. The minimum atomic E-state index is -1.98. The minimum Gasteiger partial charge on any atom is -0.369 e. The molecule has 6 nitrogen and oxygen atoms in total. The molecular weight excluding hydrogens is 417 g/mol. The lowest BCUT2D eigenvalue weighted by Gasteiger charge is -2.41. The molecule has 31 heavy (non-hydrogen) atoms. The first-order valence-corrected chi connectivity index (χ1v) is 11.4. The van der Waals surface area contributed by atoms with Crippen LogP contribution in [0.25, 0.3) is 0 Å². The fourth-order valence-corrected chi connectivity index (χ4v) is 5.39. The van der Waals surface area contributed by atoms with Crippen molar-refractivity contribution in [3.8, 4) is 0 Å². The van der Waals surface area contributed by atoms with Crippen LogP contribution in [0.3, 0.4) is 0 Å². The number of hydrogen-bond acceptors (Lipinski definition) is 7. The summed E-state index contributed by atoms with van der Waals surface area (Å²) < 4.78 is 16.4. The third kappa shape index (κ3) is 5.27. The van der Waals surface area contributed by atoms with Crippen molar-refractivity contribution in [1.29, 1.82) is 0 Å². The van der Waals surface area contributed by atoms with Gasteiger partial charge in [-0.25, -0.2) is 4.39 Å². The summed E-state index contributed by atoms with van der Waals surface area (Å²) in [4.78, 5) is 14.9. The summed E-state index contributed by atoms with van der Waals surface area (Å²) in [5.74, 6) is -2.33. The second-order valence-corrected chi connectivity index (χ2v) is 9.31. The van der Waals surface area contributed by atoms with Gasteiger partial charge in [0.05, 0.1) is 6.54 Å². The highest BCUT2D eigenvalue weighted by Gasteiger charge is 2.40. The smallest absolute Gasteiger partial charge is 0.234 e. The molecule has 2 aliphatic rings. The van der Waals surface area contributed by atoms with E-state index >= 15 is 0 Å². The lowest BCUT2D eigenvalue weighted by Crippen LogP contribution is -2.47. The summed E-state index contributed by atoms with van der Waals surface area (Å²) in [5.41, 5.74) is 2.36. The molecule has 0 radical (unpaired) electrons. The second kappa shape index (κ2) is 9.67. The van der Waals surface area contributed by atoms with E-state index in [0.29, 0.717) is 18.5 Å². The van der Waals surface area contributed by atoms with Gasteiger partial charge in [-0.2, -0.15) is 4.31 Å². The van der Waals surface area contributed by atoms with Crippen molar-refractivity contribution in [3.63, 3.8) is 0 Å². The molecule has 2 N–H and O–H groups in total. The predicted octanol–water partition coefficient (Wildman–Crippen LogP) is 2.77. The van der Waals surface area contributed by atoms with Gasteiger partial charge in [0.2, 0.25) is 5.91 Å². The van der Waals surface area contributed by atoms with Gasteiger partial charge in [0.25, 0.3) is 0 Å². The maximum Gasteiger partial charge on any atom is 0.234 e. The molecule has 2 heterocycles. The highest BCUT2D eigenvalue weighted by Crippen LogP contribution is 2.45. The molecule has 1 atom stereocenters. The Labute approximate surface area is 186 Å². The fraction of sp³-hybridized carbons (Fsp3) is 0.435. The summed E-state index contributed by atoms with van der Waals surface area (Å²) in [5, 5.41) is 21.1. The molecular formula is C23H28FN3O3S. The van der Waals surface area contributed by atoms with Crippen molar-refractivity contribution in [3.05, 3.63) is 65.5 Å². The van der Waals surface area contributed by atoms with Gasteiger partial charge >= 0.3 is 0 Å². The summed E-state index contributed by atoms with van der Waals surface area (Å²) in [6.07, 6.45) is 1.74. The molecule has 0 spiro atoms. The molecule has 0 aromatic heterocycles. The van der Waals surface area contributed by atoms with Crippen LogP contribution in [0.4, 0.5) is 10.1 Å². The number of carbonyl (C=O) groups is 1. The molecule has 8 heteroatoms. The number of benzene rings is 2. The monoisotopic (exact) mass is 445 g/mol.